The van der Waals surface area contributed by atoms with Crippen molar-refractivity contribution in [1.29, 1.82) is 0 Å². The van der Waals surface area contributed by atoms with Gasteiger partial charge in [-0.25, -0.2) is 4.98 Å². The highest BCUT2D eigenvalue weighted by atomic mass is 35.5. The summed E-state index contributed by atoms with van der Waals surface area (Å²) in [6.45, 7) is 5.63. The molecule has 0 aliphatic heterocycles. The van der Waals surface area contributed by atoms with Crippen LogP contribution < -0.4 is 16.0 Å². The summed E-state index contributed by atoms with van der Waals surface area (Å²) < 4.78 is 1.71. The van der Waals surface area contributed by atoms with Crippen LogP contribution in [-0.2, 0) is 6.54 Å². The Bertz CT molecular complexity index is 1240. The maximum Gasteiger partial charge on any atom is 0.132 e. The lowest BCUT2D eigenvalue weighted by atomic mass is 10.1. The fourth-order valence-corrected chi connectivity index (χ4v) is 3.79. The van der Waals surface area contributed by atoms with Crippen molar-refractivity contribution in [3.05, 3.63) is 66.1 Å². The molecular formula is C25H30ClN7O. The molecule has 3 aromatic heterocycles. The van der Waals surface area contributed by atoms with Gasteiger partial charge in [0, 0.05) is 41.6 Å². The van der Waals surface area contributed by atoms with Crippen molar-refractivity contribution in [2.24, 2.45) is 0 Å². The van der Waals surface area contributed by atoms with Gasteiger partial charge >= 0.3 is 0 Å². The molecule has 178 valence electrons. The summed E-state index contributed by atoms with van der Waals surface area (Å²) in [5.41, 5.74) is 1.97. The minimum Gasteiger partial charge on any atom is -0.389 e. The molecule has 4 N–H and O–H groups in total. The number of hydrogen-bond donors (Lipinski definition) is 4. The highest BCUT2D eigenvalue weighted by molar-refractivity contribution is 6.31. The molecule has 0 fully saturated rings. The molecule has 0 atom stereocenters. The van der Waals surface area contributed by atoms with E-state index < -0.39 is 5.60 Å². The van der Waals surface area contributed by atoms with Gasteiger partial charge in [-0.3, -0.25) is 9.67 Å². The van der Waals surface area contributed by atoms with Crippen molar-refractivity contribution >= 4 is 45.5 Å². The third-order valence-corrected chi connectivity index (χ3v) is 5.37. The Hall–Kier alpha value is -3.36. The van der Waals surface area contributed by atoms with E-state index in [1.165, 1.54) is 0 Å². The SMILES string of the molecule is CC(C)(O)Cn1cc(Nc2cccc(NCCCCNc3ccnc4cc(Cl)ccc34)n2)cn1. The maximum atomic E-state index is 9.94. The predicted molar refractivity (Wildman–Crippen MR) is 139 cm³/mol. The number of anilines is 4. The van der Waals surface area contributed by atoms with Gasteiger partial charge in [-0.1, -0.05) is 17.7 Å². The fraction of sp³-hybridized carbons (Fsp3) is 0.320. The number of benzene rings is 1. The fourth-order valence-electron chi connectivity index (χ4n) is 3.63. The van der Waals surface area contributed by atoms with Gasteiger partial charge in [-0.2, -0.15) is 5.10 Å². The molecule has 0 amide bonds. The molecule has 8 nitrogen and oxygen atoms in total. The van der Waals surface area contributed by atoms with Crippen LogP contribution in [0.1, 0.15) is 26.7 Å². The minimum absolute atomic E-state index is 0.421. The monoisotopic (exact) mass is 479 g/mol. The molecule has 9 heteroatoms. The second-order valence-corrected chi connectivity index (χ2v) is 9.29. The summed E-state index contributed by atoms with van der Waals surface area (Å²) in [4.78, 5) is 9.00. The van der Waals surface area contributed by atoms with Gasteiger partial charge < -0.3 is 21.1 Å². The van der Waals surface area contributed by atoms with Gasteiger partial charge in [0.25, 0.3) is 0 Å². The molecule has 4 aromatic rings. The molecule has 0 aliphatic rings. The predicted octanol–water partition coefficient (Wildman–Crippen LogP) is 5.30. The number of hydrogen-bond acceptors (Lipinski definition) is 7. The van der Waals surface area contributed by atoms with Crippen LogP contribution in [0.2, 0.25) is 5.02 Å². The van der Waals surface area contributed by atoms with Crippen molar-refractivity contribution in [3.63, 3.8) is 0 Å². The molecule has 0 aliphatic carbocycles. The molecule has 0 spiro atoms. The Morgan fingerprint density at radius 3 is 2.65 bits per heavy atom. The molecule has 0 saturated carbocycles. The number of unbranched alkanes of at least 4 members (excludes halogenated alkanes) is 1. The van der Waals surface area contributed by atoms with E-state index in [9.17, 15) is 5.11 Å². The van der Waals surface area contributed by atoms with E-state index in [1.807, 2.05) is 48.7 Å². The average Bonchev–Trinajstić information content (AvgIpc) is 3.21. The van der Waals surface area contributed by atoms with Gasteiger partial charge in [0.15, 0.2) is 0 Å². The standard InChI is InChI=1S/C25H30ClN7O/c1-25(2,34)17-33-16-19(15-30-33)31-24-7-5-6-23(32-24)29-12-4-3-11-27-21-10-13-28-22-14-18(26)8-9-20(21)22/h5-10,13-16,34H,3-4,11-12,17H2,1-2H3,(H,27,28)(H2,29,31,32). The van der Waals surface area contributed by atoms with Gasteiger partial charge in [-0.15, -0.1) is 0 Å². The Labute approximate surface area is 204 Å². The van der Waals surface area contributed by atoms with Crippen molar-refractivity contribution in [1.82, 2.24) is 19.7 Å². The van der Waals surface area contributed by atoms with Crippen LogP contribution in [0.25, 0.3) is 10.9 Å². The van der Waals surface area contributed by atoms with Gasteiger partial charge in [0.2, 0.25) is 0 Å². The number of rotatable bonds is 11. The highest BCUT2D eigenvalue weighted by Gasteiger charge is 2.14. The quantitative estimate of drug-likeness (QED) is 0.217. The molecule has 34 heavy (non-hydrogen) atoms. The van der Waals surface area contributed by atoms with Gasteiger partial charge in [0.1, 0.15) is 11.6 Å². The lowest BCUT2D eigenvalue weighted by Crippen LogP contribution is -2.26. The molecule has 0 unspecified atom stereocenters. The number of halogens is 1. The third-order valence-electron chi connectivity index (χ3n) is 5.13. The third kappa shape index (κ3) is 6.82. The zero-order chi connectivity index (χ0) is 24.0. The second-order valence-electron chi connectivity index (χ2n) is 8.85. The van der Waals surface area contributed by atoms with Crippen LogP contribution in [0.5, 0.6) is 0 Å². The summed E-state index contributed by atoms with van der Waals surface area (Å²) in [5, 5.41) is 26.1. The molecule has 0 saturated heterocycles. The molecule has 4 rings (SSSR count). The van der Waals surface area contributed by atoms with Crippen LogP contribution in [0.15, 0.2) is 61.1 Å². The Morgan fingerprint density at radius 1 is 1.03 bits per heavy atom. The van der Waals surface area contributed by atoms with E-state index in [0.29, 0.717) is 11.6 Å². The van der Waals surface area contributed by atoms with Crippen LogP contribution >= 0.6 is 11.6 Å². The largest absolute Gasteiger partial charge is 0.389 e. The van der Waals surface area contributed by atoms with E-state index in [-0.39, 0.29) is 0 Å². The summed E-state index contributed by atoms with van der Waals surface area (Å²) in [6, 6.07) is 13.6. The Morgan fingerprint density at radius 2 is 1.82 bits per heavy atom. The van der Waals surface area contributed by atoms with Crippen LogP contribution in [0, 0.1) is 0 Å². The van der Waals surface area contributed by atoms with E-state index in [2.05, 4.69) is 31.0 Å². The smallest absolute Gasteiger partial charge is 0.132 e. The molecular weight excluding hydrogens is 450 g/mol. The maximum absolute atomic E-state index is 9.94. The Balaban J connectivity index is 1.21. The van der Waals surface area contributed by atoms with E-state index in [4.69, 9.17) is 11.6 Å². The van der Waals surface area contributed by atoms with Crippen LogP contribution in [0.4, 0.5) is 23.0 Å². The van der Waals surface area contributed by atoms with Crippen molar-refractivity contribution in [3.8, 4) is 0 Å². The first kappa shape index (κ1) is 23.8. The number of nitrogens with zero attached hydrogens (tertiary/aromatic N) is 4. The number of fused-ring (bicyclic) bond motifs is 1. The lowest BCUT2D eigenvalue weighted by Gasteiger charge is -2.16. The number of pyridine rings is 2. The normalized spacial score (nSPS) is 11.5. The second kappa shape index (κ2) is 10.7. The highest BCUT2D eigenvalue weighted by Crippen LogP contribution is 2.24. The Kier molecular flexibility index (Phi) is 7.49. The first-order valence-electron chi connectivity index (χ1n) is 11.4. The summed E-state index contributed by atoms with van der Waals surface area (Å²) in [7, 11) is 0. The molecule has 3 heterocycles. The van der Waals surface area contributed by atoms with Gasteiger partial charge in [0.05, 0.1) is 29.5 Å². The average molecular weight is 480 g/mol. The van der Waals surface area contributed by atoms with Crippen molar-refractivity contribution in [2.45, 2.75) is 38.8 Å². The summed E-state index contributed by atoms with van der Waals surface area (Å²) in [5.74, 6) is 1.55. The number of aromatic nitrogens is 4. The lowest BCUT2D eigenvalue weighted by molar-refractivity contribution is 0.0578. The zero-order valence-electron chi connectivity index (χ0n) is 19.4. The summed E-state index contributed by atoms with van der Waals surface area (Å²) >= 11 is 6.07. The number of nitrogens with one attached hydrogen (secondary N) is 3. The topological polar surface area (TPSA) is 99.9 Å². The van der Waals surface area contributed by atoms with E-state index in [1.54, 1.807) is 30.9 Å². The van der Waals surface area contributed by atoms with Crippen LogP contribution in [-0.4, -0.2) is 43.5 Å². The minimum atomic E-state index is -0.818. The van der Waals surface area contributed by atoms with E-state index >= 15 is 0 Å². The van der Waals surface area contributed by atoms with Crippen LogP contribution in [0.3, 0.4) is 0 Å². The van der Waals surface area contributed by atoms with E-state index in [0.717, 1.165) is 59.8 Å². The molecule has 1 aromatic carbocycles. The van der Waals surface area contributed by atoms with Crippen molar-refractivity contribution in [2.75, 3.05) is 29.0 Å². The number of aliphatic hydroxyl groups is 1. The summed E-state index contributed by atoms with van der Waals surface area (Å²) in [6.07, 6.45) is 7.40. The van der Waals surface area contributed by atoms with Gasteiger partial charge in [-0.05, 0) is 63.1 Å². The molecule has 0 bridgehead atoms. The zero-order valence-corrected chi connectivity index (χ0v) is 20.2. The first-order valence-corrected chi connectivity index (χ1v) is 11.7. The molecule has 0 radical (unpaired) electrons. The first-order chi connectivity index (χ1) is 16.4. The van der Waals surface area contributed by atoms with Crippen molar-refractivity contribution < 1.29 is 5.11 Å².